The van der Waals surface area contributed by atoms with Crippen LogP contribution in [0, 0.1) is 11.8 Å². The average molecular weight is 291 g/mol. The predicted molar refractivity (Wildman–Crippen MR) is 74.4 cm³/mol. The zero-order valence-electron chi connectivity index (χ0n) is 11.8. The summed E-state index contributed by atoms with van der Waals surface area (Å²) in [5, 5.41) is -0.502. The number of ether oxygens (including phenoxy) is 1. The Hall–Kier alpha value is -0.620. The first kappa shape index (κ1) is 16.4. The highest BCUT2D eigenvalue weighted by Gasteiger charge is 2.32. The third kappa shape index (κ3) is 5.48. The highest BCUT2D eigenvalue weighted by atomic mass is 32.2. The molecule has 2 atom stereocenters. The number of nitrogens with two attached hydrogens (primary N) is 1. The van der Waals surface area contributed by atoms with E-state index in [0.717, 1.165) is 6.42 Å². The van der Waals surface area contributed by atoms with Gasteiger partial charge in [-0.25, -0.2) is 8.42 Å². The number of esters is 1. The molecule has 0 radical (unpaired) electrons. The van der Waals surface area contributed by atoms with E-state index in [1.807, 2.05) is 0 Å². The second-order valence-corrected chi connectivity index (χ2v) is 8.15. The molecule has 0 aromatic rings. The van der Waals surface area contributed by atoms with Gasteiger partial charge in [0.1, 0.15) is 6.61 Å². The Labute approximate surface area is 115 Å². The van der Waals surface area contributed by atoms with E-state index in [9.17, 15) is 13.2 Å². The highest BCUT2D eigenvalue weighted by Crippen LogP contribution is 2.21. The van der Waals surface area contributed by atoms with Gasteiger partial charge in [-0.15, -0.1) is 0 Å². The molecule has 1 unspecified atom stereocenters. The average Bonchev–Trinajstić information content (AvgIpc) is 2.64. The molecule has 19 heavy (non-hydrogen) atoms. The van der Waals surface area contributed by atoms with E-state index in [4.69, 9.17) is 10.5 Å². The van der Waals surface area contributed by atoms with Gasteiger partial charge in [-0.3, -0.25) is 4.79 Å². The quantitative estimate of drug-likeness (QED) is 0.710. The Kier molecular flexibility index (Phi) is 6.26. The van der Waals surface area contributed by atoms with Crippen LogP contribution in [-0.2, 0) is 19.4 Å². The second kappa shape index (κ2) is 7.24. The van der Waals surface area contributed by atoms with Gasteiger partial charge in [0.15, 0.2) is 9.84 Å². The first-order valence-electron chi connectivity index (χ1n) is 6.92. The lowest BCUT2D eigenvalue weighted by atomic mass is 9.94. The maximum atomic E-state index is 11.7. The topological polar surface area (TPSA) is 86.5 Å². The Morgan fingerprint density at radius 3 is 2.58 bits per heavy atom. The fourth-order valence-corrected chi connectivity index (χ4v) is 4.16. The van der Waals surface area contributed by atoms with Gasteiger partial charge in [0.05, 0.1) is 11.0 Å². The van der Waals surface area contributed by atoms with E-state index < -0.39 is 15.1 Å². The maximum Gasteiger partial charge on any atom is 0.306 e. The summed E-state index contributed by atoms with van der Waals surface area (Å²) >= 11 is 0. The van der Waals surface area contributed by atoms with Gasteiger partial charge >= 0.3 is 5.97 Å². The standard InChI is InChI=1S/C13H25NO4S/c1-10(2)6-11(8-14)7-13(15)18-9-12-4-3-5-19(12,16)17/h10-12H,3-9,14H2,1-2H3/t11-,12?/m0/s1. The summed E-state index contributed by atoms with van der Waals surface area (Å²) in [6.07, 6.45) is 2.43. The lowest BCUT2D eigenvalue weighted by Gasteiger charge is -2.17. The molecule has 1 heterocycles. The fraction of sp³-hybridized carbons (Fsp3) is 0.923. The molecule has 0 aromatic carbocycles. The van der Waals surface area contributed by atoms with Crippen molar-refractivity contribution in [3.05, 3.63) is 0 Å². The van der Waals surface area contributed by atoms with Crippen LogP contribution in [0.2, 0.25) is 0 Å². The van der Waals surface area contributed by atoms with Crippen molar-refractivity contribution in [1.82, 2.24) is 0 Å². The van der Waals surface area contributed by atoms with Crippen LogP contribution in [-0.4, -0.2) is 38.5 Å². The van der Waals surface area contributed by atoms with Crippen molar-refractivity contribution < 1.29 is 17.9 Å². The lowest BCUT2D eigenvalue weighted by molar-refractivity contribution is -0.144. The van der Waals surface area contributed by atoms with E-state index in [2.05, 4.69) is 13.8 Å². The van der Waals surface area contributed by atoms with Crippen molar-refractivity contribution in [3.63, 3.8) is 0 Å². The first-order valence-corrected chi connectivity index (χ1v) is 8.64. The summed E-state index contributed by atoms with van der Waals surface area (Å²) < 4.78 is 28.3. The van der Waals surface area contributed by atoms with Crippen LogP contribution in [0.5, 0.6) is 0 Å². The molecule has 0 aliphatic carbocycles. The van der Waals surface area contributed by atoms with Gasteiger partial charge in [-0.05, 0) is 37.6 Å². The van der Waals surface area contributed by atoms with Crippen LogP contribution >= 0.6 is 0 Å². The Balaban J connectivity index is 2.35. The smallest absolute Gasteiger partial charge is 0.306 e. The molecule has 1 fully saturated rings. The van der Waals surface area contributed by atoms with Gasteiger partial charge in [0, 0.05) is 6.42 Å². The zero-order valence-corrected chi connectivity index (χ0v) is 12.6. The molecular weight excluding hydrogens is 266 g/mol. The van der Waals surface area contributed by atoms with Crippen molar-refractivity contribution in [2.24, 2.45) is 17.6 Å². The molecule has 0 aromatic heterocycles. The monoisotopic (exact) mass is 291 g/mol. The SMILES string of the molecule is CC(C)C[C@H](CN)CC(=O)OCC1CCCS1(=O)=O. The number of hydrogen-bond acceptors (Lipinski definition) is 5. The lowest BCUT2D eigenvalue weighted by Crippen LogP contribution is -2.26. The van der Waals surface area contributed by atoms with Crippen molar-refractivity contribution in [2.75, 3.05) is 18.9 Å². The molecule has 6 heteroatoms. The van der Waals surface area contributed by atoms with Gasteiger partial charge in [-0.1, -0.05) is 13.8 Å². The molecule has 1 aliphatic rings. The number of carbonyl (C=O) groups excluding carboxylic acids is 1. The van der Waals surface area contributed by atoms with Crippen LogP contribution in [0.15, 0.2) is 0 Å². The summed E-state index contributed by atoms with van der Waals surface area (Å²) in [5.41, 5.74) is 5.63. The second-order valence-electron chi connectivity index (χ2n) is 5.75. The van der Waals surface area contributed by atoms with Gasteiger partial charge in [-0.2, -0.15) is 0 Å². The molecule has 5 nitrogen and oxygen atoms in total. The number of rotatable bonds is 7. The molecule has 112 valence electrons. The Bertz CT molecular complexity index is 391. The summed E-state index contributed by atoms with van der Waals surface area (Å²) in [7, 11) is -3.04. The third-order valence-corrected chi connectivity index (χ3v) is 5.73. The number of sulfone groups is 1. The minimum atomic E-state index is -3.04. The van der Waals surface area contributed by atoms with Crippen LogP contribution in [0.4, 0.5) is 0 Å². The molecule has 0 bridgehead atoms. The van der Waals surface area contributed by atoms with Gasteiger partial charge in [0.25, 0.3) is 0 Å². The maximum absolute atomic E-state index is 11.7. The largest absolute Gasteiger partial charge is 0.464 e. The van der Waals surface area contributed by atoms with Crippen molar-refractivity contribution in [3.8, 4) is 0 Å². The van der Waals surface area contributed by atoms with Gasteiger partial charge < -0.3 is 10.5 Å². The molecule has 0 amide bonds. The fourth-order valence-electron chi connectivity index (χ4n) is 2.46. The summed E-state index contributed by atoms with van der Waals surface area (Å²) in [4.78, 5) is 11.7. The molecule has 2 N–H and O–H groups in total. The molecular formula is C13H25NO4S. The minimum Gasteiger partial charge on any atom is -0.464 e. The predicted octanol–water partition coefficient (Wildman–Crippen LogP) is 1.12. The van der Waals surface area contributed by atoms with Crippen LogP contribution < -0.4 is 5.73 Å². The molecule has 1 rings (SSSR count). The molecule has 0 saturated carbocycles. The minimum absolute atomic E-state index is 0.000136. The van der Waals surface area contributed by atoms with Crippen LogP contribution in [0.1, 0.15) is 39.5 Å². The van der Waals surface area contributed by atoms with E-state index in [1.165, 1.54) is 0 Å². The first-order chi connectivity index (χ1) is 8.85. The Morgan fingerprint density at radius 1 is 1.42 bits per heavy atom. The van der Waals surface area contributed by atoms with Crippen LogP contribution in [0.3, 0.4) is 0 Å². The number of carbonyl (C=O) groups is 1. The van der Waals surface area contributed by atoms with Crippen molar-refractivity contribution in [1.29, 1.82) is 0 Å². The van der Waals surface area contributed by atoms with Gasteiger partial charge in [0.2, 0.25) is 0 Å². The summed E-state index contributed by atoms with van der Waals surface area (Å²) in [5.74, 6) is 0.482. The molecule has 1 aliphatic heterocycles. The normalized spacial score (nSPS) is 23.5. The third-order valence-electron chi connectivity index (χ3n) is 3.49. The molecule has 1 saturated heterocycles. The van der Waals surface area contributed by atoms with E-state index in [-0.39, 0.29) is 30.7 Å². The van der Waals surface area contributed by atoms with Crippen molar-refractivity contribution in [2.45, 2.75) is 44.8 Å². The van der Waals surface area contributed by atoms with Crippen molar-refractivity contribution >= 4 is 15.8 Å². The van der Waals surface area contributed by atoms with E-state index >= 15 is 0 Å². The van der Waals surface area contributed by atoms with E-state index in [0.29, 0.717) is 25.3 Å². The highest BCUT2D eigenvalue weighted by molar-refractivity contribution is 7.92. The molecule has 0 spiro atoms. The zero-order chi connectivity index (χ0) is 14.5. The van der Waals surface area contributed by atoms with E-state index in [1.54, 1.807) is 0 Å². The van der Waals surface area contributed by atoms with Crippen LogP contribution in [0.25, 0.3) is 0 Å². The summed E-state index contributed by atoms with van der Waals surface area (Å²) in [6, 6.07) is 0. The number of hydrogen-bond donors (Lipinski definition) is 1. The Morgan fingerprint density at radius 2 is 2.11 bits per heavy atom. The summed E-state index contributed by atoms with van der Waals surface area (Å²) in [6.45, 7) is 4.62.